The molecule has 25 heavy (non-hydrogen) atoms. The number of nitrogens with one attached hydrogen (secondary N) is 1. The third-order valence-corrected chi connectivity index (χ3v) is 5.22. The van der Waals surface area contributed by atoms with Crippen molar-refractivity contribution in [3.8, 4) is 0 Å². The summed E-state index contributed by atoms with van der Waals surface area (Å²) in [7, 11) is 0. The number of rotatable bonds is 5. The van der Waals surface area contributed by atoms with Crippen molar-refractivity contribution in [2.75, 3.05) is 0 Å². The molecule has 0 unspecified atom stereocenters. The van der Waals surface area contributed by atoms with Gasteiger partial charge < -0.3 is 0 Å². The number of thiophene rings is 1. The van der Waals surface area contributed by atoms with Gasteiger partial charge in [-0.1, -0.05) is 35.0 Å². The molecule has 0 radical (unpaired) electrons. The molecule has 0 fully saturated rings. The third kappa shape index (κ3) is 4.21. The Bertz CT molecular complexity index is 992. The first kappa shape index (κ1) is 17.5. The smallest absolute Gasteiger partial charge is 0.262 e. The summed E-state index contributed by atoms with van der Waals surface area (Å²) >= 11 is 4.85. The maximum atomic E-state index is 12.4. The quantitative estimate of drug-likeness (QED) is 0.511. The van der Waals surface area contributed by atoms with Gasteiger partial charge in [0.05, 0.1) is 17.9 Å². The summed E-state index contributed by atoms with van der Waals surface area (Å²) in [6.07, 6.45) is 3.80. The van der Waals surface area contributed by atoms with Crippen LogP contribution in [0.15, 0.2) is 51.0 Å². The van der Waals surface area contributed by atoms with Crippen LogP contribution in [0.5, 0.6) is 0 Å². The number of halogens is 1. The number of hydrogen-bond acceptors (Lipinski definition) is 5. The lowest BCUT2D eigenvalue weighted by Gasteiger charge is -2.03. The van der Waals surface area contributed by atoms with E-state index in [1.54, 1.807) is 6.21 Å². The van der Waals surface area contributed by atoms with Crippen molar-refractivity contribution in [1.82, 2.24) is 15.0 Å². The molecule has 1 aromatic carbocycles. The van der Waals surface area contributed by atoms with Gasteiger partial charge in [-0.2, -0.15) is 5.10 Å². The fourth-order valence-corrected chi connectivity index (χ4v) is 3.40. The Morgan fingerprint density at radius 3 is 2.88 bits per heavy atom. The van der Waals surface area contributed by atoms with Gasteiger partial charge in [-0.25, -0.2) is 10.4 Å². The van der Waals surface area contributed by atoms with Crippen molar-refractivity contribution >= 4 is 49.6 Å². The van der Waals surface area contributed by atoms with Gasteiger partial charge >= 0.3 is 0 Å². The van der Waals surface area contributed by atoms with E-state index in [1.165, 1.54) is 22.2 Å². The summed E-state index contributed by atoms with van der Waals surface area (Å²) in [5.74, 6) is -0.387. The van der Waals surface area contributed by atoms with Crippen molar-refractivity contribution in [2.24, 2.45) is 5.10 Å². The molecule has 0 saturated carbocycles. The van der Waals surface area contributed by atoms with Crippen LogP contribution in [-0.2, 0) is 17.8 Å². The lowest BCUT2D eigenvalue weighted by molar-refractivity contribution is -0.121. The van der Waals surface area contributed by atoms with Crippen LogP contribution in [0.1, 0.15) is 17.4 Å². The van der Waals surface area contributed by atoms with Crippen LogP contribution >= 0.6 is 27.3 Å². The number of fused-ring (bicyclic) bond motifs is 1. The zero-order chi connectivity index (χ0) is 17.8. The molecule has 0 aliphatic rings. The highest BCUT2D eigenvalue weighted by molar-refractivity contribution is 9.10. The number of carbonyl (C=O) groups excluding carboxylic acids is 1. The Hall–Kier alpha value is -2.32. The van der Waals surface area contributed by atoms with Crippen molar-refractivity contribution in [3.63, 3.8) is 0 Å². The second kappa shape index (κ2) is 7.71. The van der Waals surface area contributed by atoms with Gasteiger partial charge in [-0.05, 0) is 30.2 Å². The molecule has 0 bridgehead atoms. The summed E-state index contributed by atoms with van der Waals surface area (Å²) in [4.78, 5) is 30.5. The van der Waals surface area contributed by atoms with Crippen LogP contribution in [-0.4, -0.2) is 21.7 Å². The third-order valence-electron chi connectivity index (χ3n) is 3.50. The van der Waals surface area contributed by atoms with Crippen molar-refractivity contribution in [2.45, 2.75) is 19.9 Å². The van der Waals surface area contributed by atoms with Gasteiger partial charge in [0.1, 0.15) is 11.4 Å². The fourth-order valence-electron chi connectivity index (χ4n) is 2.21. The van der Waals surface area contributed by atoms with Crippen LogP contribution < -0.4 is 11.0 Å². The van der Waals surface area contributed by atoms with E-state index >= 15 is 0 Å². The van der Waals surface area contributed by atoms with E-state index in [2.05, 4.69) is 31.4 Å². The molecule has 8 heteroatoms. The number of benzene rings is 1. The predicted octanol–water partition coefficient (Wildman–Crippen LogP) is 2.93. The molecule has 0 saturated heterocycles. The highest BCUT2D eigenvalue weighted by atomic mass is 79.9. The van der Waals surface area contributed by atoms with E-state index in [0.717, 1.165) is 21.3 Å². The van der Waals surface area contributed by atoms with Crippen LogP contribution in [0.2, 0.25) is 0 Å². The maximum Gasteiger partial charge on any atom is 0.262 e. The second-order valence-electron chi connectivity index (χ2n) is 5.31. The number of aryl methyl sites for hydroxylation is 1. The van der Waals surface area contributed by atoms with Gasteiger partial charge in [0.15, 0.2) is 0 Å². The average Bonchev–Trinajstić information content (AvgIpc) is 3.03. The molecule has 6 nitrogen and oxygen atoms in total. The first-order chi connectivity index (χ1) is 12.1. The summed E-state index contributed by atoms with van der Waals surface area (Å²) in [6.45, 7) is 1.90. The van der Waals surface area contributed by atoms with Gasteiger partial charge in [-0.3, -0.25) is 14.2 Å². The zero-order valence-electron chi connectivity index (χ0n) is 13.4. The SMILES string of the molecule is CCc1cc2c(=O)n(CC(=O)N/N=C/c3ccc(Br)cc3)cnc2s1. The molecule has 1 amide bonds. The lowest BCUT2D eigenvalue weighted by atomic mass is 10.2. The Labute approximate surface area is 156 Å². The Morgan fingerprint density at radius 2 is 2.16 bits per heavy atom. The van der Waals surface area contributed by atoms with Gasteiger partial charge in [0, 0.05) is 9.35 Å². The largest absolute Gasteiger partial charge is 0.289 e. The van der Waals surface area contributed by atoms with E-state index in [1.807, 2.05) is 37.3 Å². The highest BCUT2D eigenvalue weighted by Gasteiger charge is 2.10. The fraction of sp³-hybridized carbons (Fsp3) is 0.176. The number of hydrazone groups is 1. The summed E-state index contributed by atoms with van der Waals surface area (Å²) < 4.78 is 2.26. The second-order valence-corrected chi connectivity index (χ2v) is 7.34. The molecule has 3 aromatic rings. The molecule has 2 aromatic heterocycles. The van der Waals surface area contributed by atoms with E-state index < -0.39 is 0 Å². The van der Waals surface area contributed by atoms with Crippen LogP contribution in [0.4, 0.5) is 0 Å². The molecular formula is C17H15BrN4O2S. The van der Waals surface area contributed by atoms with Gasteiger partial charge in [0.25, 0.3) is 11.5 Å². The minimum Gasteiger partial charge on any atom is -0.289 e. The number of carbonyl (C=O) groups is 1. The molecule has 0 atom stereocenters. The van der Waals surface area contributed by atoms with E-state index in [9.17, 15) is 9.59 Å². The molecule has 0 aliphatic heterocycles. The van der Waals surface area contributed by atoms with Gasteiger partial charge in [0.2, 0.25) is 0 Å². The molecule has 1 N–H and O–H groups in total. The van der Waals surface area contributed by atoms with Crippen LogP contribution in [0, 0.1) is 0 Å². The summed E-state index contributed by atoms with van der Waals surface area (Å²) in [5, 5.41) is 4.45. The number of nitrogens with zero attached hydrogens (tertiary/aromatic N) is 3. The van der Waals surface area contributed by atoms with Crippen LogP contribution in [0.25, 0.3) is 10.2 Å². The topological polar surface area (TPSA) is 76.3 Å². The molecule has 0 aliphatic carbocycles. The highest BCUT2D eigenvalue weighted by Crippen LogP contribution is 2.20. The average molecular weight is 419 g/mol. The number of amides is 1. The Morgan fingerprint density at radius 1 is 1.40 bits per heavy atom. The normalized spacial score (nSPS) is 11.3. The summed E-state index contributed by atoms with van der Waals surface area (Å²) in [6, 6.07) is 9.34. The zero-order valence-corrected chi connectivity index (χ0v) is 15.8. The van der Waals surface area contributed by atoms with E-state index in [0.29, 0.717) is 10.2 Å². The van der Waals surface area contributed by atoms with Gasteiger partial charge in [-0.15, -0.1) is 11.3 Å². The standard InChI is InChI=1S/C17H15BrN4O2S/c1-2-13-7-14-16(25-13)19-10-22(17(14)24)9-15(23)21-20-8-11-3-5-12(18)6-4-11/h3-8,10H,2,9H2,1H3,(H,21,23)/b20-8+. The molecule has 128 valence electrons. The molecular weight excluding hydrogens is 404 g/mol. The first-order valence-electron chi connectivity index (χ1n) is 7.62. The number of aromatic nitrogens is 2. The molecule has 2 heterocycles. The van der Waals surface area contributed by atoms with E-state index in [4.69, 9.17) is 0 Å². The monoisotopic (exact) mass is 418 g/mol. The maximum absolute atomic E-state index is 12.4. The van der Waals surface area contributed by atoms with Crippen LogP contribution in [0.3, 0.4) is 0 Å². The summed E-state index contributed by atoms with van der Waals surface area (Å²) in [5.41, 5.74) is 3.06. The van der Waals surface area contributed by atoms with Crippen molar-refractivity contribution < 1.29 is 4.79 Å². The minimum absolute atomic E-state index is 0.128. The lowest BCUT2D eigenvalue weighted by Crippen LogP contribution is -2.29. The van der Waals surface area contributed by atoms with E-state index in [-0.39, 0.29) is 18.0 Å². The first-order valence-corrected chi connectivity index (χ1v) is 9.23. The predicted molar refractivity (Wildman–Crippen MR) is 103 cm³/mol. The Kier molecular flexibility index (Phi) is 5.40. The molecule has 0 spiro atoms. The minimum atomic E-state index is -0.387. The Balaban J connectivity index is 1.68. The van der Waals surface area contributed by atoms with Crippen molar-refractivity contribution in [3.05, 3.63) is 61.9 Å². The number of hydrogen-bond donors (Lipinski definition) is 1. The molecule has 3 rings (SSSR count). The van der Waals surface area contributed by atoms with Crippen molar-refractivity contribution in [1.29, 1.82) is 0 Å².